The molecule has 0 bridgehead atoms. The van der Waals surface area contributed by atoms with E-state index in [0.29, 0.717) is 5.76 Å². The average Bonchev–Trinajstić information content (AvgIpc) is 2.51. The van der Waals surface area contributed by atoms with Crippen molar-refractivity contribution in [3.05, 3.63) is 51.8 Å². The molecule has 0 N–H and O–H groups in total. The predicted octanol–water partition coefficient (Wildman–Crippen LogP) is 3.95. The number of rotatable bonds is 2. The minimum atomic E-state index is -0.464. The third-order valence-electron chi connectivity index (χ3n) is 3.63. The van der Waals surface area contributed by atoms with E-state index in [1.165, 1.54) is 6.42 Å². The van der Waals surface area contributed by atoms with Crippen molar-refractivity contribution >= 4 is 17.3 Å². The number of halogens is 1. The Morgan fingerprint density at radius 2 is 1.75 bits per heavy atom. The molecule has 1 aromatic heterocycles. The van der Waals surface area contributed by atoms with Crippen molar-refractivity contribution in [2.24, 2.45) is 0 Å². The fourth-order valence-corrected chi connectivity index (χ4v) is 2.79. The van der Waals surface area contributed by atoms with Gasteiger partial charge in [0.1, 0.15) is 10.8 Å². The van der Waals surface area contributed by atoms with Gasteiger partial charge in [0.15, 0.2) is 0 Å². The van der Waals surface area contributed by atoms with E-state index in [4.69, 9.17) is 16.0 Å². The van der Waals surface area contributed by atoms with E-state index in [1.807, 2.05) is 36.4 Å². The Morgan fingerprint density at radius 3 is 2.45 bits per heavy atom. The zero-order chi connectivity index (χ0) is 13.9. The normalized spacial score (nSPS) is 15.3. The molecule has 0 aliphatic carbocycles. The molecule has 1 fully saturated rings. The molecule has 2 heterocycles. The van der Waals surface area contributed by atoms with E-state index in [9.17, 15) is 4.79 Å². The highest BCUT2D eigenvalue weighted by Crippen LogP contribution is 2.30. The number of anilines is 1. The molecule has 1 aliphatic rings. The van der Waals surface area contributed by atoms with Crippen LogP contribution in [0.5, 0.6) is 0 Å². The molecule has 0 unspecified atom stereocenters. The first-order chi connectivity index (χ1) is 9.75. The van der Waals surface area contributed by atoms with E-state index in [-0.39, 0.29) is 5.02 Å². The Kier molecular flexibility index (Phi) is 3.79. The fourth-order valence-electron chi connectivity index (χ4n) is 2.58. The number of piperidine rings is 1. The van der Waals surface area contributed by atoms with Gasteiger partial charge >= 0.3 is 5.63 Å². The Hall–Kier alpha value is -1.74. The van der Waals surface area contributed by atoms with Crippen LogP contribution >= 0.6 is 11.6 Å². The smallest absolute Gasteiger partial charge is 0.357 e. The summed E-state index contributed by atoms with van der Waals surface area (Å²) in [6.45, 7) is 1.88. The van der Waals surface area contributed by atoms with E-state index < -0.39 is 5.63 Å². The number of hydrogen-bond donors (Lipinski definition) is 0. The zero-order valence-electron chi connectivity index (χ0n) is 11.1. The lowest BCUT2D eigenvalue weighted by molar-refractivity contribution is 0.521. The highest BCUT2D eigenvalue weighted by atomic mass is 35.5. The standard InChI is InChI=1S/C16H16ClNO2/c17-15-13(18-9-5-2-6-10-18)11-14(20-16(15)19)12-7-3-1-4-8-12/h1,3-4,7-8,11H,2,5-6,9-10H2. The van der Waals surface area contributed by atoms with Crippen molar-refractivity contribution in [2.45, 2.75) is 19.3 Å². The van der Waals surface area contributed by atoms with Gasteiger partial charge in [-0.25, -0.2) is 4.79 Å². The van der Waals surface area contributed by atoms with Crippen LogP contribution in [0.2, 0.25) is 5.02 Å². The van der Waals surface area contributed by atoms with Gasteiger partial charge in [0.2, 0.25) is 0 Å². The van der Waals surface area contributed by atoms with E-state index >= 15 is 0 Å². The average molecular weight is 290 g/mol. The molecule has 0 spiro atoms. The Morgan fingerprint density at radius 1 is 1.05 bits per heavy atom. The Bertz CT molecular complexity index is 645. The molecule has 4 heteroatoms. The topological polar surface area (TPSA) is 33.5 Å². The quantitative estimate of drug-likeness (QED) is 0.839. The summed E-state index contributed by atoms with van der Waals surface area (Å²) in [6.07, 6.45) is 3.51. The van der Waals surface area contributed by atoms with Crippen LogP contribution in [-0.4, -0.2) is 13.1 Å². The number of hydrogen-bond acceptors (Lipinski definition) is 3. The summed E-state index contributed by atoms with van der Waals surface area (Å²) in [6, 6.07) is 11.5. The maximum Gasteiger partial charge on any atom is 0.357 e. The lowest BCUT2D eigenvalue weighted by Gasteiger charge is -2.29. The van der Waals surface area contributed by atoms with Crippen LogP contribution in [0.1, 0.15) is 19.3 Å². The number of benzene rings is 1. The predicted molar refractivity (Wildman–Crippen MR) is 81.5 cm³/mol. The van der Waals surface area contributed by atoms with Crippen LogP contribution in [-0.2, 0) is 0 Å². The first-order valence-corrected chi connectivity index (χ1v) is 7.27. The fraction of sp³-hybridized carbons (Fsp3) is 0.312. The lowest BCUT2D eigenvalue weighted by atomic mass is 10.1. The molecular formula is C16H16ClNO2. The summed E-state index contributed by atoms with van der Waals surface area (Å²) < 4.78 is 5.31. The van der Waals surface area contributed by atoms with E-state index in [1.54, 1.807) is 0 Å². The third-order valence-corrected chi connectivity index (χ3v) is 3.98. The van der Waals surface area contributed by atoms with Gasteiger partial charge in [0.05, 0.1) is 5.69 Å². The molecule has 20 heavy (non-hydrogen) atoms. The molecule has 0 saturated carbocycles. The van der Waals surface area contributed by atoms with E-state index in [2.05, 4.69) is 4.90 Å². The van der Waals surface area contributed by atoms with Crippen LogP contribution in [0.3, 0.4) is 0 Å². The van der Waals surface area contributed by atoms with Gasteiger partial charge in [-0.15, -0.1) is 0 Å². The van der Waals surface area contributed by atoms with Crippen LogP contribution in [0.15, 0.2) is 45.6 Å². The molecule has 1 aliphatic heterocycles. The van der Waals surface area contributed by atoms with Gasteiger partial charge in [-0.3, -0.25) is 0 Å². The second-order valence-electron chi connectivity index (χ2n) is 5.01. The molecule has 1 saturated heterocycles. The first-order valence-electron chi connectivity index (χ1n) is 6.90. The monoisotopic (exact) mass is 289 g/mol. The Balaban J connectivity index is 2.06. The largest absolute Gasteiger partial charge is 0.422 e. The van der Waals surface area contributed by atoms with Crippen molar-refractivity contribution in [1.82, 2.24) is 0 Å². The molecule has 104 valence electrons. The van der Waals surface area contributed by atoms with Gasteiger partial charge in [0, 0.05) is 24.7 Å². The summed E-state index contributed by atoms with van der Waals surface area (Å²) in [5, 5.41) is 0.187. The van der Waals surface area contributed by atoms with Gasteiger partial charge in [-0.2, -0.15) is 0 Å². The summed E-state index contributed by atoms with van der Waals surface area (Å²) in [5.74, 6) is 0.570. The summed E-state index contributed by atoms with van der Waals surface area (Å²) in [5.41, 5.74) is 1.22. The van der Waals surface area contributed by atoms with Gasteiger partial charge in [-0.1, -0.05) is 41.9 Å². The molecule has 1 aromatic carbocycles. The van der Waals surface area contributed by atoms with Crippen molar-refractivity contribution in [2.75, 3.05) is 18.0 Å². The minimum Gasteiger partial charge on any atom is -0.422 e. The minimum absolute atomic E-state index is 0.187. The van der Waals surface area contributed by atoms with Crippen molar-refractivity contribution in [3.8, 4) is 11.3 Å². The molecule has 2 aromatic rings. The molecule has 3 nitrogen and oxygen atoms in total. The van der Waals surface area contributed by atoms with Crippen molar-refractivity contribution in [3.63, 3.8) is 0 Å². The van der Waals surface area contributed by atoms with Crippen LogP contribution < -0.4 is 10.5 Å². The maximum absolute atomic E-state index is 12.0. The second-order valence-corrected chi connectivity index (χ2v) is 5.39. The van der Waals surface area contributed by atoms with Crippen molar-refractivity contribution < 1.29 is 4.42 Å². The SMILES string of the molecule is O=c1oc(-c2ccccc2)cc(N2CCCCC2)c1Cl. The highest BCUT2D eigenvalue weighted by Gasteiger charge is 2.18. The molecule has 0 radical (unpaired) electrons. The molecule has 3 rings (SSSR count). The molecule has 0 amide bonds. The summed E-state index contributed by atoms with van der Waals surface area (Å²) in [4.78, 5) is 14.1. The van der Waals surface area contributed by atoms with Gasteiger partial charge in [-0.05, 0) is 19.3 Å². The van der Waals surface area contributed by atoms with Crippen LogP contribution in [0, 0.1) is 0 Å². The molecule has 0 atom stereocenters. The highest BCUT2D eigenvalue weighted by molar-refractivity contribution is 6.33. The van der Waals surface area contributed by atoms with Gasteiger partial charge < -0.3 is 9.32 Å². The summed E-state index contributed by atoms with van der Waals surface area (Å²) >= 11 is 6.14. The summed E-state index contributed by atoms with van der Waals surface area (Å²) in [7, 11) is 0. The first kappa shape index (κ1) is 13.3. The lowest BCUT2D eigenvalue weighted by Crippen LogP contribution is -2.30. The Labute approximate surface area is 122 Å². The number of nitrogens with zero attached hydrogens (tertiary/aromatic N) is 1. The van der Waals surface area contributed by atoms with E-state index in [0.717, 1.165) is 37.2 Å². The zero-order valence-corrected chi connectivity index (χ0v) is 11.9. The van der Waals surface area contributed by atoms with Crippen LogP contribution in [0.4, 0.5) is 5.69 Å². The molecular weight excluding hydrogens is 274 g/mol. The van der Waals surface area contributed by atoms with Crippen molar-refractivity contribution in [1.29, 1.82) is 0 Å². The van der Waals surface area contributed by atoms with Crippen LogP contribution in [0.25, 0.3) is 11.3 Å². The third kappa shape index (κ3) is 2.59. The van der Waals surface area contributed by atoms with Gasteiger partial charge in [0.25, 0.3) is 0 Å². The maximum atomic E-state index is 12.0. The second kappa shape index (κ2) is 5.71.